The average molecular weight is 523 g/mol. The fourth-order valence-corrected chi connectivity index (χ4v) is 8.01. The summed E-state index contributed by atoms with van der Waals surface area (Å²) in [4.78, 5) is 18.1. The fraction of sp³-hybridized carbons (Fsp3) is 0.300. The van der Waals surface area contributed by atoms with Crippen LogP contribution in [-0.4, -0.2) is 42.3 Å². The molecule has 2 saturated heterocycles. The SMILES string of the molecule is O=C(Cc1ccccc1Cl)N=C1S[C@@H]2CS(=O)(=O)C[C@@H]2N1c1cc(C(F)(F)F)ccc1Cl. The molecule has 0 saturated carbocycles. The van der Waals surface area contributed by atoms with E-state index in [9.17, 15) is 26.4 Å². The van der Waals surface area contributed by atoms with Gasteiger partial charge in [-0.15, -0.1) is 0 Å². The molecule has 32 heavy (non-hydrogen) atoms. The highest BCUT2D eigenvalue weighted by Gasteiger charge is 2.50. The van der Waals surface area contributed by atoms with Crippen LogP contribution in [0.5, 0.6) is 0 Å². The van der Waals surface area contributed by atoms with Gasteiger partial charge >= 0.3 is 6.18 Å². The molecule has 170 valence electrons. The van der Waals surface area contributed by atoms with Gasteiger partial charge in [-0.05, 0) is 29.8 Å². The van der Waals surface area contributed by atoms with Crippen LogP contribution in [0.2, 0.25) is 10.0 Å². The zero-order valence-electron chi connectivity index (χ0n) is 16.1. The lowest BCUT2D eigenvalue weighted by molar-refractivity contribution is -0.137. The van der Waals surface area contributed by atoms with Crippen LogP contribution in [0.15, 0.2) is 47.5 Å². The largest absolute Gasteiger partial charge is 0.416 e. The van der Waals surface area contributed by atoms with Gasteiger partial charge in [0.1, 0.15) is 0 Å². The number of alkyl halides is 3. The highest BCUT2D eigenvalue weighted by atomic mass is 35.5. The van der Waals surface area contributed by atoms with E-state index in [1.807, 2.05) is 0 Å². The molecule has 2 atom stereocenters. The van der Waals surface area contributed by atoms with Crippen molar-refractivity contribution in [3.8, 4) is 0 Å². The number of benzene rings is 2. The number of fused-ring (bicyclic) bond motifs is 1. The van der Waals surface area contributed by atoms with Crippen molar-refractivity contribution < 1.29 is 26.4 Å². The summed E-state index contributed by atoms with van der Waals surface area (Å²) >= 11 is 13.4. The number of thioether (sulfide) groups is 1. The Labute approximate surface area is 196 Å². The number of hydrogen-bond acceptors (Lipinski definition) is 4. The number of sulfone groups is 1. The molecule has 4 rings (SSSR count). The third-order valence-electron chi connectivity index (χ3n) is 5.12. The van der Waals surface area contributed by atoms with Crippen molar-refractivity contribution in [2.75, 3.05) is 16.4 Å². The van der Waals surface area contributed by atoms with Crippen LogP contribution < -0.4 is 4.90 Å². The van der Waals surface area contributed by atoms with Crippen molar-refractivity contribution in [3.05, 3.63) is 63.6 Å². The number of nitrogens with zero attached hydrogens (tertiary/aromatic N) is 2. The minimum atomic E-state index is -4.62. The molecule has 0 N–H and O–H groups in total. The quantitative estimate of drug-likeness (QED) is 0.576. The van der Waals surface area contributed by atoms with Crippen LogP contribution >= 0.6 is 35.0 Å². The molecule has 0 spiro atoms. The van der Waals surface area contributed by atoms with Gasteiger partial charge in [0.15, 0.2) is 15.0 Å². The van der Waals surface area contributed by atoms with Gasteiger partial charge in [-0.25, -0.2) is 8.42 Å². The Morgan fingerprint density at radius 3 is 2.53 bits per heavy atom. The van der Waals surface area contributed by atoms with Crippen LogP contribution in [0.25, 0.3) is 0 Å². The molecular weight excluding hydrogens is 508 g/mol. The number of hydrogen-bond donors (Lipinski definition) is 0. The number of anilines is 1. The van der Waals surface area contributed by atoms with Crippen LogP contribution in [0.4, 0.5) is 18.9 Å². The number of amidine groups is 1. The Morgan fingerprint density at radius 1 is 1.12 bits per heavy atom. The molecule has 1 amide bonds. The Bertz CT molecular complexity index is 1220. The number of carbonyl (C=O) groups is 1. The second-order valence-corrected chi connectivity index (χ2v) is 11.6. The monoisotopic (exact) mass is 522 g/mol. The zero-order chi connectivity index (χ0) is 23.3. The molecule has 0 aromatic heterocycles. The van der Waals surface area contributed by atoms with Gasteiger partial charge < -0.3 is 4.90 Å². The Morgan fingerprint density at radius 2 is 1.84 bits per heavy atom. The lowest BCUT2D eigenvalue weighted by Gasteiger charge is -2.26. The Balaban J connectivity index is 1.73. The normalized spacial score (nSPS) is 23.5. The van der Waals surface area contributed by atoms with Crippen molar-refractivity contribution in [1.82, 2.24) is 0 Å². The number of aliphatic imine (C=N–C) groups is 1. The lowest BCUT2D eigenvalue weighted by atomic mass is 10.1. The molecule has 2 heterocycles. The maximum Gasteiger partial charge on any atom is 0.416 e. The van der Waals surface area contributed by atoms with E-state index >= 15 is 0 Å². The van der Waals surface area contributed by atoms with Crippen molar-refractivity contribution in [2.24, 2.45) is 4.99 Å². The third kappa shape index (κ3) is 4.78. The van der Waals surface area contributed by atoms with Crippen LogP contribution in [0.3, 0.4) is 0 Å². The van der Waals surface area contributed by atoms with Crippen molar-refractivity contribution in [3.63, 3.8) is 0 Å². The maximum atomic E-state index is 13.3. The van der Waals surface area contributed by atoms with Gasteiger partial charge in [0.05, 0.1) is 40.2 Å². The lowest BCUT2D eigenvalue weighted by Crippen LogP contribution is -2.38. The summed E-state index contributed by atoms with van der Waals surface area (Å²) in [5, 5.41) is 0.0290. The zero-order valence-corrected chi connectivity index (χ0v) is 19.3. The molecule has 0 aliphatic carbocycles. The molecule has 2 aliphatic rings. The van der Waals surface area contributed by atoms with E-state index in [1.165, 1.54) is 4.90 Å². The number of rotatable bonds is 3. The summed E-state index contributed by atoms with van der Waals surface area (Å²) in [7, 11) is -3.39. The van der Waals surface area contributed by atoms with Gasteiger partial charge in [-0.2, -0.15) is 18.2 Å². The van der Waals surface area contributed by atoms with E-state index in [1.54, 1.807) is 24.3 Å². The predicted molar refractivity (Wildman–Crippen MR) is 120 cm³/mol. The summed E-state index contributed by atoms with van der Waals surface area (Å²) in [6, 6.07) is 8.85. The summed E-state index contributed by atoms with van der Waals surface area (Å²) in [6.07, 6.45) is -4.73. The minimum absolute atomic E-state index is 0.00481. The van der Waals surface area contributed by atoms with Gasteiger partial charge in [0, 0.05) is 10.3 Å². The van der Waals surface area contributed by atoms with Gasteiger partial charge in [-0.3, -0.25) is 4.79 Å². The van der Waals surface area contributed by atoms with Gasteiger partial charge in [-0.1, -0.05) is 53.2 Å². The van der Waals surface area contributed by atoms with E-state index in [4.69, 9.17) is 23.2 Å². The molecule has 5 nitrogen and oxygen atoms in total. The van der Waals surface area contributed by atoms with Crippen molar-refractivity contribution in [1.29, 1.82) is 0 Å². The number of halogens is 5. The highest BCUT2D eigenvalue weighted by molar-refractivity contribution is 8.16. The molecule has 0 unspecified atom stereocenters. The first-order valence-corrected chi connectivity index (χ1v) is 12.8. The average Bonchev–Trinajstić information content (AvgIpc) is 3.14. The molecule has 2 aromatic rings. The molecule has 2 fully saturated rings. The number of carbonyl (C=O) groups excluding carboxylic acids is 1. The molecular formula is C20H15Cl2F3N2O3S2. The molecule has 2 aromatic carbocycles. The van der Waals surface area contributed by atoms with Crippen LogP contribution in [0, 0.1) is 0 Å². The standard InChI is InChI=1S/C20H15Cl2F3N2O3S2/c21-13-4-2-1-3-11(13)7-18(28)26-19-27(16-9-32(29,30)10-17(16)31-19)15-8-12(20(23,24)25)5-6-14(15)22/h1-6,8,16-17H,7,9-10H2/t16-,17+/m0/s1. The minimum Gasteiger partial charge on any atom is -0.314 e. The van der Waals surface area contributed by atoms with E-state index in [0.29, 0.717) is 10.6 Å². The molecule has 0 radical (unpaired) electrons. The van der Waals surface area contributed by atoms with Crippen LogP contribution in [0.1, 0.15) is 11.1 Å². The maximum absolute atomic E-state index is 13.3. The first-order valence-electron chi connectivity index (χ1n) is 9.32. The summed E-state index contributed by atoms with van der Waals surface area (Å²) in [6.45, 7) is 0. The van der Waals surface area contributed by atoms with E-state index in [0.717, 1.165) is 30.0 Å². The second kappa shape index (κ2) is 8.55. The molecule has 12 heteroatoms. The summed E-state index contributed by atoms with van der Waals surface area (Å²) < 4.78 is 64.2. The highest BCUT2D eigenvalue weighted by Crippen LogP contribution is 2.44. The topological polar surface area (TPSA) is 66.8 Å². The van der Waals surface area contributed by atoms with Crippen molar-refractivity contribution >= 4 is 61.6 Å². The first kappa shape index (κ1) is 23.4. The van der Waals surface area contributed by atoms with Gasteiger partial charge in [0.2, 0.25) is 0 Å². The Kier molecular flexibility index (Phi) is 6.26. The Hall–Kier alpha value is -1.75. The van der Waals surface area contributed by atoms with E-state index in [-0.39, 0.29) is 33.8 Å². The fourth-order valence-electron chi connectivity index (χ4n) is 3.67. The summed E-state index contributed by atoms with van der Waals surface area (Å²) in [5.74, 6) is -0.987. The molecule has 0 bridgehead atoms. The van der Waals surface area contributed by atoms with Gasteiger partial charge in [0.25, 0.3) is 5.91 Å². The van der Waals surface area contributed by atoms with Crippen LogP contribution in [-0.2, 0) is 27.2 Å². The first-order chi connectivity index (χ1) is 14.9. The summed E-state index contributed by atoms with van der Waals surface area (Å²) in [5.41, 5.74) is -0.422. The third-order valence-corrected chi connectivity index (χ3v) is 9.02. The smallest absolute Gasteiger partial charge is 0.314 e. The molecule has 2 aliphatic heterocycles. The predicted octanol–water partition coefficient (Wildman–Crippen LogP) is 4.86. The number of amides is 1. The van der Waals surface area contributed by atoms with E-state index < -0.39 is 38.8 Å². The van der Waals surface area contributed by atoms with E-state index in [2.05, 4.69) is 4.99 Å². The second-order valence-electron chi connectivity index (χ2n) is 7.39. The van der Waals surface area contributed by atoms with Crippen molar-refractivity contribution in [2.45, 2.75) is 23.9 Å².